The van der Waals surface area contributed by atoms with E-state index in [4.69, 9.17) is 9.84 Å². The van der Waals surface area contributed by atoms with Gasteiger partial charge in [0.2, 0.25) is 0 Å². The SMILES string of the molecule is C=CCc1cc(C(=O)CO)ccc1OCCCCN(C)C. The average molecular weight is 291 g/mol. The standard InChI is InChI=1S/C17H25NO3/c1-4-7-15-12-14(16(20)13-19)8-9-17(15)21-11-6-5-10-18(2)3/h4,8-9,12,19H,1,5-7,10-11,13H2,2-3H3. The van der Waals surface area contributed by atoms with E-state index >= 15 is 0 Å². The highest BCUT2D eigenvalue weighted by atomic mass is 16.5. The maximum Gasteiger partial charge on any atom is 0.188 e. The van der Waals surface area contributed by atoms with Gasteiger partial charge >= 0.3 is 0 Å². The lowest BCUT2D eigenvalue weighted by Crippen LogP contribution is -2.14. The second kappa shape index (κ2) is 9.32. The Morgan fingerprint density at radius 2 is 2.14 bits per heavy atom. The van der Waals surface area contributed by atoms with Crippen LogP contribution in [0.15, 0.2) is 30.9 Å². The number of allylic oxidation sites excluding steroid dienone is 1. The number of carbonyl (C=O) groups excluding carboxylic acids is 1. The van der Waals surface area contributed by atoms with E-state index in [9.17, 15) is 4.79 Å². The zero-order chi connectivity index (χ0) is 15.7. The van der Waals surface area contributed by atoms with E-state index in [1.54, 1.807) is 24.3 Å². The molecule has 1 aromatic carbocycles. The van der Waals surface area contributed by atoms with Crippen LogP contribution in [0.3, 0.4) is 0 Å². The molecule has 4 heteroatoms. The molecule has 1 N–H and O–H groups in total. The van der Waals surface area contributed by atoms with Crippen LogP contribution in [0.25, 0.3) is 0 Å². The summed E-state index contributed by atoms with van der Waals surface area (Å²) in [7, 11) is 4.11. The molecule has 0 saturated carbocycles. The molecule has 21 heavy (non-hydrogen) atoms. The van der Waals surface area contributed by atoms with Gasteiger partial charge in [-0.3, -0.25) is 4.79 Å². The number of aliphatic hydroxyl groups is 1. The molecule has 0 amide bonds. The van der Waals surface area contributed by atoms with Gasteiger partial charge in [0.25, 0.3) is 0 Å². The van der Waals surface area contributed by atoms with Crippen molar-refractivity contribution in [2.24, 2.45) is 0 Å². The first-order valence-corrected chi connectivity index (χ1v) is 7.24. The van der Waals surface area contributed by atoms with Gasteiger partial charge < -0.3 is 14.7 Å². The van der Waals surface area contributed by atoms with Crippen LogP contribution >= 0.6 is 0 Å². The molecule has 0 unspecified atom stereocenters. The molecular formula is C17H25NO3. The van der Waals surface area contributed by atoms with Gasteiger partial charge in [-0.05, 0) is 63.7 Å². The topological polar surface area (TPSA) is 49.8 Å². The maximum absolute atomic E-state index is 11.5. The number of rotatable bonds is 10. The lowest BCUT2D eigenvalue weighted by molar-refractivity contribution is 0.0903. The van der Waals surface area contributed by atoms with E-state index in [1.807, 2.05) is 0 Å². The Hall–Kier alpha value is -1.65. The van der Waals surface area contributed by atoms with Crippen LogP contribution in [0.1, 0.15) is 28.8 Å². The van der Waals surface area contributed by atoms with Crippen molar-refractivity contribution in [3.63, 3.8) is 0 Å². The van der Waals surface area contributed by atoms with Crippen LogP contribution in [-0.2, 0) is 6.42 Å². The molecule has 1 rings (SSSR count). The fourth-order valence-electron chi connectivity index (χ4n) is 2.01. The number of ether oxygens (including phenoxy) is 1. The highest BCUT2D eigenvalue weighted by Gasteiger charge is 2.09. The van der Waals surface area contributed by atoms with Gasteiger partial charge in [0.1, 0.15) is 12.4 Å². The molecular weight excluding hydrogens is 266 g/mol. The third-order valence-corrected chi connectivity index (χ3v) is 3.15. The fourth-order valence-corrected chi connectivity index (χ4v) is 2.01. The normalized spacial score (nSPS) is 10.7. The molecule has 0 saturated heterocycles. The predicted octanol–water partition coefficient (Wildman–Crippen LogP) is 2.31. The van der Waals surface area contributed by atoms with Crippen LogP contribution in [0.4, 0.5) is 0 Å². The lowest BCUT2D eigenvalue weighted by atomic mass is 10.0. The van der Waals surface area contributed by atoms with Gasteiger partial charge in [0.05, 0.1) is 6.61 Å². The summed E-state index contributed by atoms with van der Waals surface area (Å²) < 4.78 is 5.80. The number of Topliss-reactive ketones (excluding diaryl/α,β-unsaturated/α-hetero) is 1. The first kappa shape index (κ1) is 17.4. The average Bonchev–Trinajstić information content (AvgIpc) is 2.47. The summed E-state index contributed by atoms with van der Waals surface area (Å²) in [6.07, 6.45) is 4.49. The van der Waals surface area contributed by atoms with Crippen molar-refractivity contribution in [1.29, 1.82) is 0 Å². The van der Waals surface area contributed by atoms with Gasteiger partial charge in [-0.25, -0.2) is 0 Å². The highest BCUT2D eigenvalue weighted by Crippen LogP contribution is 2.22. The van der Waals surface area contributed by atoms with Crippen LogP contribution in [-0.4, -0.2) is 49.6 Å². The Kier molecular flexibility index (Phi) is 7.72. The van der Waals surface area contributed by atoms with Crippen LogP contribution in [0.2, 0.25) is 0 Å². The van der Waals surface area contributed by atoms with Crippen molar-refractivity contribution in [2.45, 2.75) is 19.3 Å². The maximum atomic E-state index is 11.5. The molecule has 0 fully saturated rings. The minimum absolute atomic E-state index is 0.280. The van der Waals surface area contributed by atoms with Gasteiger partial charge in [-0.1, -0.05) is 6.08 Å². The third kappa shape index (κ3) is 6.10. The fraction of sp³-hybridized carbons (Fsp3) is 0.471. The second-order valence-corrected chi connectivity index (χ2v) is 5.26. The van der Waals surface area contributed by atoms with E-state index in [1.165, 1.54) is 0 Å². The summed E-state index contributed by atoms with van der Waals surface area (Å²) in [5.41, 5.74) is 1.44. The first-order chi connectivity index (χ1) is 10.1. The van der Waals surface area contributed by atoms with Gasteiger partial charge in [0.15, 0.2) is 5.78 Å². The predicted molar refractivity (Wildman–Crippen MR) is 85.0 cm³/mol. The Morgan fingerprint density at radius 3 is 2.76 bits per heavy atom. The monoisotopic (exact) mass is 291 g/mol. The number of ketones is 1. The Labute approximate surface area is 127 Å². The zero-order valence-corrected chi connectivity index (χ0v) is 13.0. The molecule has 4 nitrogen and oxygen atoms in total. The molecule has 0 aliphatic carbocycles. The molecule has 0 aliphatic heterocycles. The number of carbonyl (C=O) groups is 1. The quantitative estimate of drug-likeness (QED) is 0.408. The van der Waals surface area contributed by atoms with Crippen molar-refractivity contribution < 1.29 is 14.6 Å². The highest BCUT2D eigenvalue weighted by molar-refractivity contribution is 5.97. The molecule has 0 bridgehead atoms. The van der Waals surface area contributed by atoms with E-state index in [2.05, 4.69) is 25.6 Å². The van der Waals surface area contributed by atoms with Crippen molar-refractivity contribution in [2.75, 3.05) is 33.9 Å². The second-order valence-electron chi connectivity index (χ2n) is 5.26. The van der Waals surface area contributed by atoms with E-state index in [0.29, 0.717) is 18.6 Å². The van der Waals surface area contributed by atoms with Crippen molar-refractivity contribution in [3.05, 3.63) is 42.0 Å². The first-order valence-electron chi connectivity index (χ1n) is 7.24. The van der Waals surface area contributed by atoms with E-state index in [-0.39, 0.29) is 5.78 Å². The summed E-state index contributed by atoms with van der Waals surface area (Å²) >= 11 is 0. The Bertz CT molecular complexity index is 469. The van der Waals surface area contributed by atoms with E-state index < -0.39 is 6.61 Å². The molecule has 1 aromatic rings. The van der Waals surface area contributed by atoms with Crippen LogP contribution in [0, 0.1) is 0 Å². The van der Waals surface area contributed by atoms with Gasteiger partial charge in [0, 0.05) is 5.56 Å². The smallest absolute Gasteiger partial charge is 0.188 e. The van der Waals surface area contributed by atoms with Crippen molar-refractivity contribution in [1.82, 2.24) is 4.90 Å². The zero-order valence-electron chi connectivity index (χ0n) is 13.0. The third-order valence-electron chi connectivity index (χ3n) is 3.15. The van der Waals surface area contributed by atoms with Crippen LogP contribution < -0.4 is 4.74 Å². The summed E-state index contributed by atoms with van der Waals surface area (Å²) in [5.74, 6) is 0.507. The largest absolute Gasteiger partial charge is 0.493 e. The number of aliphatic hydroxyl groups excluding tert-OH is 1. The number of hydrogen-bond donors (Lipinski definition) is 1. The molecule has 116 valence electrons. The molecule has 0 heterocycles. The summed E-state index contributed by atoms with van der Waals surface area (Å²) in [6, 6.07) is 5.27. The lowest BCUT2D eigenvalue weighted by Gasteiger charge is -2.13. The number of hydrogen-bond acceptors (Lipinski definition) is 4. The van der Waals surface area contributed by atoms with Gasteiger partial charge in [-0.2, -0.15) is 0 Å². The Balaban J connectivity index is 2.63. The minimum atomic E-state index is -0.474. The molecule has 0 spiro atoms. The number of nitrogens with zero attached hydrogens (tertiary/aromatic N) is 1. The Morgan fingerprint density at radius 1 is 1.38 bits per heavy atom. The number of unbranched alkanes of at least 4 members (excludes halogenated alkanes) is 1. The molecule has 0 aliphatic rings. The van der Waals surface area contributed by atoms with Crippen molar-refractivity contribution in [3.8, 4) is 5.75 Å². The number of benzene rings is 1. The van der Waals surface area contributed by atoms with E-state index in [0.717, 1.165) is 30.7 Å². The van der Waals surface area contributed by atoms with Crippen LogP contribution in [0.5, 0.6) is 5.75 Å². The molecule has 0 atom stereocenters. The molecule has 0 aromatic heterocycles. The summed E-state index contributed by atoms with van der Waals surface area (Å²) in [5, 5.41) is 8.92. The summed E-state index contributed by atoms with van der Waals surface area (Å²) in [6.45, 7) is 4.96. The van der Waals surface area contributed by atoms with Crippen molar-refractivity contribution >= 4 is 5.78 Å². The minimum Gasteiger partial charge on any atom is -0.493 e. The van der Waals surface area contributed by atoms with Gasteiger partial charge in [-0.15, -0.1) is 6.58 Å². The summed E-state index contributed by atoms with van der Waals surface area (Å²) in [4.78, 5) is 13.7. The molecule has 0 radical (unpaired) electrons.